The van der Waals surface area contributed by atoms with Gasteiger partial charge in [0.2, 0.25) is 5.91 Å². The van der Waals surface area contributed by atoms with Gasteiger partial charge in [0.15, 0.2) is 0 Å². The maximum absolute atomic E-state index is 12.9. The zero-order chi connectivity index (χ0) is 18.1. The fourth-order valence-corrected chi connectivity index (χ4v) is 3.68. The maximum Gasteiger partial charge on any atom is 0.251 e. The highest BCUT2D eigenvalue weighted by molar-refractivity contribution is 6.22. The first-order chi connectivity index (χ1) is 11.9. The Bertz CT molecular complexity index is 668. The Kier molecular flexibility index (Phi) is 5.08. The summed E-state index contributed by atoms with van der Waals surface area (Å²) in [5.74, 6) is 0.294. The summed E-state index contributed by atoms with van der Waals surface area (Å²) >= 11 is 0. The van der Waals surface area contributed by atoms with Crippen LogP contribution in [-0.2, 0) is 9.59 Å². The second-order valence-corrected chi connectivity index (χ2v) is 6.80. The number of carbonyl (C=O) groups excluding carboxylic acids is 2. The molecule has 2 fully saturated rings. The molecule has 0 saturated carbocycles. The van der Waals surface area contributed by atoms with Crippen LogP contribution in [0.4, 0.5) is 5.69 Å². The van der Waals surface area contributed by atoms with Gasteiger partial charge in [-0.2, -0.15) is 0 Å². The van der Waals surface area contributed by atoms with Crippen molar-refractivity contribution in [3.8, 4) is 5.75 Å². The van der Waals surface area contributed by atoms with Crippen molar-refractivity contribution in [2.45, 2.75) is 38.5 Å². The van der Waals surface area contributed by atoms with E-state index in [2.05, 4.69) is 0 Å². The third-order valence-electron chi connectivity index (χ3n) is 5.28. The highest BCUT2D eigenvalue weighted by Gasteiger charge is 2.44. The standard InChI is InChI=1S/C18H25N3O4/c1-11-3-4-13(25-2)9-14(11)21-16(22)10-15(18(21)24)20-7-5-12(6-8-20)17(19)23/h3-4,9,12,15,17,23H,5-8,10,19H2,1-2H3. The van der Waals surface area contributed by atoms with Crippen molar-refractivity contribution in [2.24, 2.45) is 11.7 Å². The fourth-order valence-electron chi connectivity index (χ4n) is 3.68. The van der Waals surface area contributed by atoms with Gasteiger partial charge in [-0.25, -0.2) is 4.90 Å². The van der Waals surface area contributed by atoms with Gasteiger partial charge in [-0.15, -0.1) is 0 Å². The number of ether oxygens (including phenoxy) is 1. The molecule has 2 saturated heterocycles. The van der Waals surface area contributed by atoms with Crippen LogP contribution in [0.1, 0.15) is 24.8 Å². The summed E-state index contributed by atoms with van der Waals surface area (Å²) in [6.07, 6.45) is 0.825. The number of aliphatic hydroxyl groups is 1. The lowest BCUT2D eigenvalue weighted by Crippen LogP contribution is -2.48. The molecule has 7 heteroatoms. The summed E-state index contributed by atoms with van der Waals surface area (Å²) in [4.78, 5) is 28.8. The number of methoxy groups -OCH3 is 1. The topological polar surface area (TPSA) is 96.1 Å². The van der Waals surface area contributed by atoms with Crippen molar-refractivity contribution in [3.05, 3.63) is 23.8 Å². The molecule has 1 aromatic carbocycles. The van der Waals surface area contributed by atoms with E-state index in [-0.39, 0.29) is 24.2 Å². The van der Waals surface area contributed by atoms with E-state index in [4.69, 9.17) is 10.5 Å². The lowest BCUT2D eigenvalue weighted by Gasteiger charge is -2.35. The van der Waals surface area contributed by atoms with Gasteiger partial charge >= 0.3 is 0 Å². The van der Waals surface area contributed by atoms with E-state index in [0.717, 1.165) is 18.4 Å². The van der Waals surface area contributed by atoms with Crippen molar-refractivity contribution >= 4 is 17.5 Å². The number of likely N-dealkylation sites (tertiary alicyclic amines) is 1. The van der Waals surface area contributed by atoms with Crippen LogP contribution in [0.25, 0.3) is 0 Å². The molecule has 2 aliphatic rings. The summed E-state index contributed by atoms with van der Waals surface area (Å²) in [6, 6.07) is 4.94. The van der Waals surface area contributed by atoms with E-state index in [1.165, 1.54) is 4.90 Å². The predicted molar refractivity (Wildman–Crippen MR) is 93.1 cm³/mol. The van der Waals surface area contributed by atoms with E-state index in [1.54, 1.807) is 13.2 Å². The van der Waals surface area contributed by atoms with E-state index >= 15 is 0 Å². The number of aliphatic hydroxyl groups excluding tert-OH is 1. The normalized spacial score (nSPS) is 24.0. The Morgan fingerprint density at radius 1 is 1.28 bits per heavy atom. The minimum absolute atomic E-state index is 0.0557. The molecule has 7 nitrogen and oxygen atoms in total. The molecular weight excluding hydrogens is 322 g/mol. The quantitative estimate of drug-likeness (QED) is 0.612. The lowest BCUT2D eigenvalue weighted by molar-refractivity contribution is -0.123. The number of piperidine rings is 1. The monoisotopic (exact) mass is 347 g/mol. The number of nitrogens with zero attached hydrogens (tertiary/aromatic N) is 2. The zero-order valence-corrected chi connectivity index (χ0v) is 14.6. The van der Waals surface area contributed by atoms with Gasteiger partial charge in [0.1, 0.15) is 12.0 Å². The van der Waals surface area contributed by atoms with E-state index in [0.29, 0.717) is 24.5 Å². The minimum atomic E-state index is -0.820. The number of amides is 2. The van der Waals surface area contributed by atoms with Gasteiger partial charge in [-0.3, -0.25) is 14.5 Å². The summed E-state index contributed by atoms with van der Waals surface area (Å²) in [6.45, 7) is 3.19. The molecule has 136 valence electrons. The molecule has 0 radical (unpaired) electrons. The van der Waals surface area contributed by atoms with Gasteiger partial charge in [-0.1, -0.05) is 6.07 Å². The van der Waals surface area contributed by atoms with Crippen molar-refractivity contribution in [2.75, 3.05) is 25.1 Å². The number of hydrogen-bond acceptors (Lipinski definition) is 6. The molecular formula is C18H25N3O4. The first-order valence-corrected chi connectivity index (χ1v) is 8.61. The molecule has 2 atom stereocenters. The van der Waals surface area contributed by atoms with Crippen molar-refractivity contribution in [1.82, 2.24) is 4.90 Å². The van der Waals surface area contributed by atoms with Crippen LogP contribution in [0, 0.1) is 12.8 Å². The number of aryl methyl sites for hydroxylation is 1. The average molecular weight is 347 g/mol. The maximum atomic E-state index is 12.9. The molecule has 0 aliphatic carbocycles. The lowest BCUT2D eigenvalue weighted by atomic mass is 9.94. The molecule has 2 heterocycles. The van der Waals surface area contributed by atoms with E-state index in [1.807, 2.05) is 24.0 Å². The third kappa shape index (κ3) is 3.40. The zero-order valence-electron chi connectivity index (χ0n) is 14.6. The van der Waals surface area contributed by atoms with Gasteiger partial charge in [0.05, 0.1) is 25.3 Å². The van der Waals surface area contributed by atoms with Crippen LogP contribution in [0.3, 0.4) is 0 Å². The highest BCUT2D eigenvalue weighted by Crippen LogP contribution is 2.32. The number of anilines is 1. The van der Waals surface area contributed by atoms with Crippen LogP contribution in [0.2, 0.25) is 0 Å². The molecule has 3 rings (SSSR count). The molecule has 3 N–H and O–H groups in total. The number of imide groups is 1. The Morgan fingerprint density at radius 3 is 2.56 bits per heavy atom. The van der Waals surface area contributed by atoms with Crippen LogP contribution in [0.15, 0.2) is 18.2 Å². The number of rotatable bonds is 4. The van der Waals surface area contributed by atoms with Crippen LogP contribution in [0.5, 0.6) is 5.75 Å². The second-order valence-electron chi connectivity index (χ2n) is 6.80. The van der Waals surface area contributed by atoms with Crippen molar-refractivity contribution in [3.63, 3.8) is 0 Å². The summed E-state index contributed by atoms with van der Waals surface area (Å²) in [5.41, 5.74) is 7.00. The number of carbonyl (C=O) groups is 2. The fraction of sp³-hybridized carbons (Fsp3) is 0.556. The van der Waals surface area contributed by atoms with Crippen LogP contribution >= 0.6 is 0 Å². The van der Waals surface area contributed by atoms with E-state index in [9.17, 15) is 14.7 Å². The van der Waals surface area contributed by atoms with Crippen molar-refractivity contribution < 1.29 is 19.4 Å². The van der Waals surface area contributed by atoms with E-state index < -0.39 is 12.3 Å². The molecule has 1 aromatic rings. The Hall–Kier alpha value is -1.96. The molecule has 0 bridgehead atoms. The molecule has 0 aromatic heterocycles. The molecule has 2 unspecified atom stereocenters. The largest absolute Gasteiger partial charge is 0.497 e. The minimum Gasteiger partial charge on any atom is -0.497 e. The Balaban J connectivity index is 1.77. The summed E-state index contributed by atoms with van der Waals surface area (Å²) in [5, 5.41) is 9.51. The first kappa shape index (κ1) is 17.8. The molecule has 0 spiro atoms. The summed E-state index contributed by atoms with van der Waals surface area (Å²) in [7, 11) is 1.56. The predicted octanol–water partition coefficient (Wildman–Crippen LogP) is 0.625. The second kappa shape index (κ2) is 7.11. The van der Waals surface area contributed by atoms with Gasteiger partial charge < -0.3 is 15.6 Å². The third-order valence-corrected chi connectivity index (χ3v) is 5.28. The van der Waals surface area contributed by atoms with Gasteiger partial charge in [0.25, 0.3) is 5.91 Å². The number of benzene rings is 1. The average Bonchev–Trinajstić information content (AvgIpc) is 2.90. The first-order valence-electron chi connectivity index (χ1n) is 8.61. The van der Waals surface area contributed by atoms with Crippen LogP contribution < -0.4 is 15.4 Å². The Morgan fingerprint density at radius 2 is 1.96 bits per heavy atom. The van der Waals surface area contributed by atoms with Crippen molar-refractivity contribution in [1.29, 1.82) is 0 Å². The van der Waals surface area contributed by atoms with Gasteiger partial charge in [0, 0.05) is 12.0 Å². The van der Waals surface area contributed by atoms with Crippen LogP contribution in [-0.4, -0.2) is 54.3 Å². The summed E-state index contributed by atoms with van der Waals surface area (Å²) < 4.78 is 5.22. The number of nitrogens with two attached hydrogens (primary N) is 1. The SMILES string of the molecule is COc1ccc(C)c(N2C(=O)CC(N3CCC(C(N)O)CC3)C2=O)c1. The molecule has 2 aliphatic heterocycles. The van der Waals surface area contributed by atoms with Gasteiger partial charge in [-0.05, 0) is 44.5 Å². The molecule has 25 heavy (non-hydrogen) atoms. The highest BCUT2D eigenvalue weighted by atomic mass is 16.5. The number of hydrogen-bond donors (Lipinski definition) is 2. The molecule has 2 amide bonds. The Labute approximate surface area is 147 Å². The smallest absolute Gasteiger partial charge is 0.251 e.